The van der Waals surface area contributed by atoms with Crippen molar-refractivity contribution < 1.29 is 4.79 Å². The Morgan fingerprint density at radius 3 is 2.62 bits per heavy atom. The van der Waals surface area contributed by atoms with Crippen LogP contribution < -0.4 is 4.90 Å². The molecule has 1 aliphatic heterocycles. The second kappa shape index (κ2) is 5.10. The molecule has 2 aromatic rings. The summed E-state index contributed by atoms with van der Waals surface area (Å²) in [7, 11) is 0. The van der Waals surface area contributed by atoms with Crippen molar-refractivity contribution in [1.29, 1.82) is 0 Å². The maximum Gasteiger partial charge on any atom is 0.229 e. The van der Waals surface area contributed by atoms with Crippen LogP contribution in [0.15, 0.2) is 30.3 Å². The Kier molecular flexibility index (Phi) is 3.26. The molecule has 4 nitrogen and oxygen atoms in total. The molecule has 1 atom stereocenters. The first-order chi connectivity index (χ1) is 10.1. The lowest BCUT2D eigenvalue weighted by atomic mass is 10.1. The van der Waals surface area contributed by atoms with E-state index < -0.39 is 0 Å². The van der Waals surface area contributed by atoms with Crippen LogP contribution in [-0.2, 0) is 4.79 Å². The van der Waals surface area contributed by atoms with Gasteiger partial charge in [0.05, 0.1) is 11.4 Å². The van der Waals surface area contributed by atoms with Gasteiger partial charge >= 0.3 is 0 Å². The second-order valence-electron chi connectivity index (χ2n) is 5.46. The molecule has 0 N–H and O–H groups in total. The van der Waals surface area contributed by atoms with Gasteiger partial charge in [-0.15, -0.1) is 12.3 Å². The predicted octanol–water partition coefficient (Wildman–Crippen LogP) is 2.48. The van der Waals surface area contributed by atoms with Crippen LogP contribution in [0, 0.1) is 32.1 Å². The summed E-state index contributed by atoms with van der Waals surface area (Å²) in [6, 6.07) is 10.0. The number of carbonyl (C=O) groups is 1. The Hall–Kier alpha value is -2.54. The van der Waals surface area contributed by atoms with Crippen LogP contribution in [0.4, 0.5) is 5.82 Å². The Morgan fingerprint density at radius 2 is 2.00 bits per heavy atom. The van der Waals surface area contributed by atoms with Crippen molar-refractivity contribution in [3.63, 3.8) is 0 Å². The Bertz CT molecular complexity index is 721. The van der Waals surface area contributed by atoms with Crippen molar-refractivity contribution in [2.24, 2.45) is 5.92 Å². The van der Waals surface area contributed by atoms with Gasteiger partial charge in [-0.3, -0.25) is 9.69 Å². The van der Waals surface area contributed by atoms with Crippen LogP contribution in [0.5, 0.6) is 0 Å². The molecule has 2 heterocycles. The number of hydrogen-bond acceptors (Lipinski definition) is 2. The van der Waals surface area contributed by atoms with Gasteiger partial charge in [-0.1, -0.05) is 17.7 Å². The average Bonchev–Trinajstić information content (AvgIpc) is 3.02. The predicted molar refractivity (Wildman–Crippen MR) is 82.3 cm³/mol. The van der Waals surface area contributed by atoms with Crippen molar-refractivity contribution >= 4 is 11.7 Å². The highest BCUT2D eigenvalue weighted by molar-refractivity contribution is 5.95. The zero-order valence-corrected chi connectivity index (χ0v) is 12.2. The summed E-state index contributed by atoms with van der Waals surface area (Å²) in [4.78, 5) is 13.9. The summed E-state index contributed by atoms with van der Waals surface area (Å²) < 4.78 is 1.81. The average molecular weight is 279 g/mol. The molecule has 1 saturated heterocycles. The quantitative estimate of drug-likeness (QED) is 0.792. The number of anilines is 1. The second-order valence-corrected chi connectivity index (χ2v) is 5.46. The summed E-state index contributed by atoms with van der Waals surface area (Å²) in [5, 5.41) is 4.51. The Morgan fingerprint density at radius 1 is 1.29 bits per heavy atom. The molecule has 106 valence electrons. The number of aromatic nitrogens is 2. The van der Waals surface area contributed by atoms with Gasteiger partial charge < -0.3 is 0 Å². The summed E-state index contributed by atoms with van der Waals surface area (Å²) in [5.41, 5.74) is 3.01. The number of rotatable bonds is 2. The van der Waals surface area contributed by atoms with Crippen LogP contribution >= 0.6 is 0 Å². The summed E-state index contributed by atoms with van der Waals surface area (Å²) in [5.74, 6) is 3.51. The largest absolute Gasteiger partial charge is 0.295 e. The van der Waals surface area contributed by atoms with E-state index >= 15 is 0 Å². The molecular formula is C17H17N3O. The van der Waals surface area contributed by atoms with Crippen LogP contribution in [0.1, 0.15) is 17.7 Å². The monoisotopic (exact) mass is 279 g/mol. The van der Waals surface area contributed by atoms with E-state index in [0.717, 1.165) is 17.2 Å². The van der Waals surface area contributed by atoms with Crippen molar-refractivity contribution in [3.05, 3.63) is 41.6 Å². The van der Waals surface area contributed by atoms with Crippen molar-refractivity contribution in [2.75, 3.05) is 11.4 Å². The summed E-state index contributed by atoms with van der Waals surface area (Å²) in [6.45, 7) is 4.53. The summed E-state index contributed by atoms with van der Waals surface area (Å²) in [6.07, 6.45) is 5.87. The maximum atomic E-state index is 12.2. The topological polar surface area (TPSA) is 38.1 Å². The molecule has 21 heavy (non-hydrogen) atoms. The molecule has 1 amide bonds. The molecule has 4 heteroatoms. The van der Waals surface area contributed by atoms with Crippen LogP contribution in [-0.4, -0.2) is 22.2 Å². The number of nitrogens with zero attached hydrogens (tertiary/aromatic N) is 3. The number of amides is 1. The van der Waals surface area contributed by atoms with Gasteiger partial charge in [-0.25, -0.2) is 4.68 Å². The van der Waals surface area contributed by atoms with Gasteiger partial charge in [0.2, 0.25) is 5.91 Å². The van der Waals surface area contributed by atoms with Gasteiger partial charge in [-0.05, 0) is 26.0 Å². The minimum atomic E-state index is -0.0147. The minimum absolute atomic E-state index is 0.0147. The van der Waals surface area contributed by atoms with Gasteiger partial charge in [0, 0.05) is 24.9 Å². The minimum Gasteiger partial charge on any atom is -0.295 e. The number of aryl methyl sites for hydroxylation is 2. The van der Waals surface area contributed by atoms with Gasteiger partial charge in [0.1, 0.15) is 5.82 Å². The fourth-order valence-corrected chi connectivity index (χ4v) is 2.59. The van der Waals surface area contributed by atoms with E-state index in [4.69, 9.17) is 6.42 Å². The number of terminal acetylenes is 1. The Labute approximate surface area is 124 Å². The fourth-order valence-electron chi connectivity index (χ4n) is 2.59. The maximum absolute atomic E-state index is 12.2. The van der Waals surface area contributed by atoms with E-state index in [9.17, 15) is 4.79 Å². The third-order valence-corrected chi connectivity index (χ3v) is 3.73. The standard InChI is InChI=1S/C17H17N3O/c1-4-14-10-17(21)19(11-14)16-9-13(3)18-20(16)15-7-5-12(2)6-8-15/h1,5-9,14H,10-11H2,2-3H3. The first-order valence-corrected chi connectivity index (χ1v) is 6.98. The normalized spacial score (nSPS) is 18.0. The lowest BCUT2D eigenvalue weighted by molar-refractivity contribution is -0.117. The van der Waals surface area contributed by atoms with Crippen LogP contribution in [0.25, 0.3) is 5.69 Å². The third kappa shape index (κ3) is 2.43. The number of carbonyl (C=O) groups excluding carboxylic acids is 1. The SMILES string of the molecule is C#CC1CC(=O)N(c2cc(C)nn2-c2ccc(C)cc2)C1. The highest BCUT2D eigenvalue weighted by atomic mass is 16.2. The molecule has 3 rings (SSSR count). The van der Waals surface area contributed by atoms with Crippen molar-refractivity contribution in [3.8, 4) is 18.0 Å². The van der Waals surface area contributed by atoms with Gasteiger partial charge in [-0.2, -0.15) is 5.10 Å². The van der Waals surface area contributed by atoms with E-state index in [-0.39, 0.29) is 11.8 Å². The van der Waals surface area contributed by atoms with Crippen LogP contribution in [0.3, 0.4) is 0 Å². The van der Waals surface area contributed by atoms with Gasteiger partial charge in [0.15, 0.2) is 0 Å². The molecule has 1 aromatic heterocycles. The lowest BCUT2D eigenvalue weighted by Gasteiger charge is -2.17. The molecular weight excluding hydrogens is 262 g/mol. The number of hydrogen-bond donors (Lipinski definition) is 0. The zero-order valence-electron chi connectivity index (χ0n) is 12.2. The molecule has 1 aliphatic rings. The molecule has 0 spiro atoms. The molecule has 1 aromatic carbocycles. The molecule has 0 aliphatic carbocycles. The van der Waals surface area contributed by atoms with Crippen molar-refractivity contribution in [1.82, 2.24) is 9.78 Å². The molecule has 0 saturated carbocycles. The smallest absolute Gasteiger partial charge is 0.229 e. The highest BCUT2D eigenvalue weighted by Crippen LogP contribution is 2.27. The first-order valence-electron chi connectivity index (χ1n) is 6.98. The molecule has 0 bridgehead atoms. The molecule has 1 fully saturated rings. The van der Waals surface area contributed by atoms with E-state index in [1.807, 2.05) is 48.9 Å². The summed E-state index contributed by atoms with van der Waals surface area (Å²) >= 11 is 0. The zero-order chi connectivity index (χ0) is 15.0. The van der Waals surface area contributed by atoms with Crippen molar-refractivity contribution in [2.45, 2.75) is 20.3 Å². The fraction of sp³-hybridized carbons (Fsp3) is 0.294. The third-order valence-electron chi connectivity index (χ3n) is 3.73. The molecule has 1 unspecified atom stereocenters. The Balaban J connectivity index is 2.03. The first kappa shape index (κ1) is 13.4. The van der Waals surface area contributed by atoms with E-state index in [1.54, 1.807) is 4.90 Å². The lowest BCUT2D eigenvalue weighted by Crippen LogP contribution is -2.26. The van der Waals surface area contributed by atoms with E-state index in [2.05, 4.69) is 11.0 Å². The molecule has 0 radical (unpaired) electrons. The number of benzene rings is 1. The van der Waals surface area contributed by atoms with E-state index in [0.29, 0.717) is 13.0 Å². The van der Waals surface area contributed by atoms with E-state index in [1.165, 1.54) is 5.56 Å². The highest BCUT2D eigenvalue weighted by Gasteiger charge is 2.31. The van der Waals surface area contributed by atoms with Crippen LogP contribution in [0.2, 0.25) is 0 Å². The van der Waals surface area contributed by atoms with Gasteiger partial charge in [0.25, 0.3) is 0 Å².